The molecule has 0 aliphatic carbocycles. The minimum Gasteiger partial charge on any atom is -0.357 e. The van der Waals surface area contributed by atoms with Crippen LogP contribution in [0.1, 0.15) is 12.5 Å². The summed E-state index contributed by atoms with van der Waals surface area (Å²) in [6, 6.07) is 14.0. The Morgan fingerprint density at radius 3 is 2.52 bits per heavy atom. The van der Waals surface area contributed by atoms with Crippen LogP contribution in [0.5, 0.6) is 0 Å². The van der Waals surface area contributed by atoms with E-state index in [-0.39, 0.29) is 24.0 Å². The van der Waals surface area contributed by atoms with Gasteiger partial charge in [-0.05, 0) is 24.6 Å². The van der Waals surface area contributed by atoms with Crippen molar-refractivity contribution in [1.82, 2.24) is 15.2 Å². The van der Waals surface area contributed by atoms with Crippen LogP contribution in [0.2, 0.25) is 0 Å². The smallest absolute Gasteiger partial charge is 0.191 e. The standard InChI is InChI=1S/C18H26N4OS.HI/c1-2-19-18(20-10-14-22-12-6-7-13-22)21-11-15-24(23)16-17-8-4-3-5-9-17;/h3-9,12-13H,2,10-11,14-16H2,1H3,(H2,19,20,21);1H. The predicted molar refractivity (Wildman–Crippen MR) is 117 cm³/mol. The lowest BCUT2D eigenvalue weighted by Gasteiger charge is -2.11. The van der Waals surface area contributed by atoms with Crippen molar-refractivity contribution in [2.75, 3.05) is 25.4 Å². The summed E-state index contributed by atoms with van der Waals surface area (Å²) >= 11 is 0. The van der Waals surface area contributed by atoms with Crippen LogP contribution < -0.4 is 10.6 Å². The van der Waals surface area contributed by atoms with Crippen molar-refractivity contribution in [2.24, 2.45) is 4.99 Å². The van der Waals surface area contributed by atoms with Crippen LogP contribution in [-0.2, 0) is 23.1 Å². The fourth-order valence-corrected chi connectivity index (χ4v) is 3.26. The zero-order valence-electron chi connectivity index (χ0n) is 14.6. The first-order valence-electron chi connectivity index (χ1n) is 8.29. The molecule has 1 unspecified atom stereocenters. The zero-order valence-corrected chi connectivity index (χ0v) is 17.7. The Labute approximate surface area is 169 Å². The van der Waals surface area contributed by atoms with Crippen LogP contribution >= 0.6 is 24.0 Å². The van der Waals surface area contributed by atoms with Gasteiger partial charge in [0.2, 0.25) is 0 Å². The molecule has 0 aliphatic heterocycles. The highest BCUT2D eigenvalue weighted by atomic mass is 127. The maximum Gasteiger partial charge on any atom is 0.191 e. The summed E-state index contributed by atoms with van der Waals surface area (Å²) in [5, 5.41) is 6.52. The van der Waals surface area contributed by atoms with Gasteiger partial charge in [0.05, 0.1) is 6.54 Å². The Morgan fingerprint density at radius 1 is 1.12 bits per heavy atom. The summed E-state index contributed by atoms with van der Waals surface area (Å²) in [5.74, 6) is 1.94. The minimum atomic E-state index is -0.888. The number of aromatic nitrogens is 1. The SMILES string of the molecule is CCNC(=NCCS(=O)Cc1ccccc1)NCCn1cccc1.I. The van der Waals surface area contributed by atoms with Gasteiger partial charge in [-0.15, -0.1) is 24.0 Å². The molecule has 2 aromatic rings. The van der Waals surface area contributed by atoms with Crippen molar-refractivity contribution >= 4 is 40.7 Å². The predicted octanol–water partition coefficient (Wildman–Crippen LogP) is 2.61. The monoisotopic (exact) mass is 474 g/mol. The molecule has 2 N–H and O–H groups in total. The number of nitrogens with one attached hydrogen (secondary N) is 2. The van der Waals surface area contributed by atoms with Gasteiger partial charge in [-0.2, -0.15) is 0 Å². The van der Waals surface area contributed by atoms with Crippen LogP contribution in [0.15, 0.2) is 59.9 Å². The Balaban J connectivity index is 0.00000312. The number of benzene rings is 1. The molecule has 0 radical (unpaired) electrons. The zero-order chi connectivity index (χ0) is 17.0. The second-order valence-corrected chi connectivity index (χ2v) is 6.96. The Kier molecular flexibility index (Phi) is 11.2. The van der Waals surface area contributed by atoms with Crippen LogP contribution in [0.4, 0.5) is 0 Å². The lowest BCUT2D eigenvalue weighted by molar-refractivity contribution is 0.666. The molecular formula is C18H27IN4OS. The lowest BCUT2D eigenvalue weighted by Crippen LogP contribution is -2.39. The minimum absolute atomic E-state index is 0. The molecule has 0 amide bonds. The second kappa shape index (κ2) is 12.9. The second-order valence-electron chi connectivity index (χ2n) is 5.38. The normalized spacial score (nSPS) is 12.3. The lowest BCUT2D eigenvalue weighted by atomic mass is 10.2. The number of nitrogens with zero attached hydrogens (tertiary/aromatic N) is 2. The van der Waals surface area contributed by atoms with E-state index in [0.29, 0.717) is 18.1 Å². The summed E-state index contributed by atoms with van der Waals surface area (Å²) in [4.78, 5) is 4.51. The largest absolute Gasteiger partial charge is 0.357 e. The van der Waals surface area contributed by atoms with Gasteiger partial charge in [0.1, 0.15) is 0 Å². The molecule has 1 atom stereocenters. The average Bonchev–Trinajstić information content (AvgIpc) is 3.09. The fraction of sp³-hybridized carbons (Fsp3) is 0.389. The van der Waals surface area contributed by atoms with Crippen molar-refractivity contribution in [2.45, 2.75) is 19.2 Å². The first-order valence-corrected chi connectivity index (χ1v) is 9.78. The van der Waals surface area contributed by atoms with Crippen LogP contribution in [-0.4, -0.2) is 40.1 Å². The van der Waals surface area contributed by atoms with E-state index >= 15 is 0 Å². The van der Waals surface area contributed by atoms with Gasteiger partial charge < -0.3 is 15.2 Å². The highest BCUT2D eigenvalue weighted by Gasteiger charge is 2.02. The molecule has 138 valence electrons. The average molecular weight is 474 g/mol. The van der Waals surface area contributed by atoms with E-state index in [2.05, 4.69) is 20.2 Å². The molecule has 1 aromatic carbocycles. The Morgan fingerprint density at radius 2 is 1.84 bits per heavy atom. The van der Waals surface area contributed by atoms with E-state index in [1.165, 1.54) is 0 Å². The molecule has 25 heavy (non-hydrogen) atoms. The molecule has 0 saturated heterocycles. The summed E-state index contributed by atoms with van der Waals surface area (Å²) in [6.45, 7) is 5.09. The number of rotatable bonds is 9. The van der Waals surface area contributed by atoms with Crippen molar-refractivity contribution in [1.29, 1.82) is 0 Å². The fourth-order valence-electron chi connectivity index (χ4n) is 2.26. The molecular weight excluding hydrogens is 447 g/mol. The van der Waals surface area contributed by atoms with Gasteiger partial charge in [-0.25, -0.2) is 0 Å². The Bertz CT molecular complexity index is 632. The van der Waals surface area contributed by atoms with E-state index in [4.69, 9.17) is 0 Å². The van der Waals surface area contributed by atoms with E-state index < -0.39 is 10.8 Å². The van der Waals surface area contributed by atoms with Crippen molar-refractivity contribution in [3.05, 3.63) is 60.4 Å². The summed E-state index contributed by atoms with van der Waals surface area (Å²) in [7, 11) is -0.888. The molecule has 0 fully saturated rings. The van der Waals surface area contributed by atoms with Gasteiger partial charge in [-0.1, -0.05) is 30.3 Å². The molecule has 0 saturated carbocycles. The summed E-state index contributed by atoms with van der Waals surface area (Å²) in [5.41, 5.74) is 1.11. The van der Waals surface area contributed by atoms with Gasteiger partial charge >= 0.3 is 0 Å². The van der Waals surface area contributed by atoms with Gasteiger partial charge in [-0.3, -0.25) is 9.20 Å². The van der Waals surface area contributed by atoms with Gasteiger partial charge in [0.25, 0.3) is 0 Å². The van der Waals surface area contributed by atoms with Crippen LogP contribution in [0.3, 0.4) is 0 Å². The maximum absolute atomic E-state index is 12.1. The number of hydrogen-bond acceptors (Lipinski definition) is 2. The molecule has 0 spiro atoms. The summed E-state index contributed by atoms with van der Waals surface area (Å²) in [6.07, 6.45) is 4.08. The third kappa shape index (κ3) is 9.06. The maximum atomic E-state index is 12.1. The molecule has 0 aliphatic rings. The van der Waals surface area contributed by atoms with Gasteiger partial charge in [0.15, 0.2) is 5.96 Å². The first kappa shape index (κ1) is 21.7. The highest BCUT2D eigenvalue weighted by Crippen LogP contribution is 2.02. The van der Waals surface area contributed by atoms with Gasteiger partial charge in [0, 0.05) is 54.3 Å². The van der Waals surface area contributed by atoms with Crippen molar-refractivity contribution in [3.8, 4) is 0 Å². The van der Waals surface area contributed by atoms with E-state index in [9.17, 15) is 4.21 Å². The topological polar surface area (TPSA) is 58.4 Å². The van der Waals surface area contributed by atoms with Crippen molar-refractivity contribution in [3.63, 3.8) is 0 Å². The van der Waals surface area contributed by atoms with E-state index in [1.54, 1.807) is 0 Å². The van der Waals surface area contributed by atoms with E-state index in [0.717, 1.165) is 31.2 Å². The van der Waals surface area contributed by atoms with Crippen molar-refractivity contribution < 1.29 is 4.21 Å². The first-order chi connectivity index (χ1) is 11.8. The Hall–Kier alpha value is -1.35. The van der Waals surface area contributed by atoms with Crippen LogP contribution in [0.25, 0.3) is 0 Å². The molecule has 1 aromatic heterocycles. The molecule has 7 heteroatoms. The summed E-state index contributed by atoms with van der Waals surface area (Å²) < 4.78 is 14.2. The number of halogens is 1. The quantitative estimate of drug-likeness (QED) is 0.334. The van der Waals surface area contributed by atoms with E-state index in [1.807, 2.05) is 61.8 Å². The highest BCUT2D eigenvalue weighted by molar-refractivity contribution is 14.0. The number of guanidine groups is 1. The van der Waals surface area contributed by atoms with Crippen LogP contribution in [0, 0.1) is 0 Å². The molecule has 5 nitrogen and oxygen atoms in total. The molecule has 1 heterocycles. The number of aliphatic imine (C=N–C) groups is 1. The third-order valence-corrected chi connectivity index (χ3v) is 4.73. The third-order valence-electron chi connectivity index (χ3n) is 3.43. The molecule has 0 bridgehead atoms. The number of hydrogen-bond donors (Lipinski definition) is 2. The molecule has 2 rings (SSSR count).